The summed E-state index contributed by atoms with van der Waals surface area (Å²) in [5.74, 6) is -1.38. The number of aldehydes is 1. The highest BCUT2D eigenvalue weighted by molar-refractivity contribution is 5.82. The van der Waals surface area contributed by atoms with E-state index in [1.807, 2.05) is 0 Å². The van der Waals surface area contributed by atoms with E-state index < -0.39 is 62.4 Å². The number of carbonyl (C=O) groups is 1. The lowest BCUT2D eigenvalue weighted by Crippen LogP contribution is -2.25. The number of fused-ring (bicyclic) bond motifs is 1. The van der Waals surface area contributed by atoms with Crippen molar-refractivity contribution in [2.45, 2.75) is 42.5 Å². The lowest BCUT2D eigenvalue weighted by molar-refractivity contribution is -0.115. The number of methoxy groups -OCH3 is 6. The number of phenolic OH excluding ortho intramolecular Hbond substituents is 3. The van der Waals surface area contributed by atoms with Gasteiger partial charge >= 0.3 is 0 Å². The Hall–Kier alpha value is -6.55. The van der Waals surface area contributed by atoms with E-state index in [1.54, 1.807) is 36.4 Å². The molecule has 8 N–H and O–H groups in total. The monoisotopic (exact) mass is 974 g/mol. The van der Waals surface area contributed by atoms with Crippen LogP contribution in [0.4, 0.5) is 0 Å². The van der Waals surface area contributed by atoms with Gasteiger partial charge in [0.1, 0.15) is 12.2 Å². The van der Waals surface area contributed by atoms with Gasteiger partial charge in [0, 0.05) is 36.0 Å². The average molecular weight is 975 g/mol. The minimum atomic E-state index is -1.37. The summed E-state index contributed by atoms with van der Waals surface area (Å²) in [5, 5.41) is 86.0. The van der Waals surface area contributed by atoms with Crippen LogP contribution in [-0.4, -0.2) is 135 Å². The number of aliphatic hydroxyl groups excluding tert-OH is 5. The lowest BCUT2D eigenvalue weighted by atomic mass is 9.84. The number of aliphatic hydroxyl groups is 5. The van der Waals surface area contributed by atoms with Gasteiger partial charge < -0.3 is 88.2 Å². The fourth-order valence-electron chi connectivity index (χ4n) is 9.05. The first-order valence-corrected chi connectivity index (χ1v) is 22.1. The van der Waals surface area contributed by atoms with E-state index in [0.29, 0.717) is 17.4 Å². The maximum absolute atomic E-state index is 11.9. The zero-order chi connectivity index (χ0) is 50.4. The van der Waals surface area contributed by atoms with E-state index in [2.05, 4.69) is 0 Å². The van der Waals surface area contributed by atoms with Crippen molar-refractivity contribution in [3.63, 3.8) is 0 Å². The summed E-state index contributed by atoms with van der Waals surface area (Å²) in [5.41, 5.74) is 2.58. The average Bonchev–Trinajstić information content (AvgIpc) is 4.00. The quantitative estimate of drug-likeness (QED) is 0.0416. The van der Waals surface area contributed by atoms with Gasteiger partial charge in [-0.15, -0.1) is 0 Å². The molecule has 2 fully saturated rings. The van der Waals surface area contributed by atoms with Crippen LogP contribution in [0.3, 0.4) is 0 Å². The molecule has 9 unspecified atom stereocenters. The molecule has 0 saturated carbocycles. The van der Waals surface area contributed by atoms with Crippen LogP contribution >= 0.6 is 0 Å². The van der Waals surface area contributed by atoms with Crippen LogP contribution in [0, 0.1) is 11.8 Å². The van der Waals surface area contributed by atoms with Crippen LogP contribution in [0.2, 0.25) is 0 Å². The SMILES string of the molecule is COc1cc(C(CO)C(O)c2cc(OC)c(O)c(Oc3ccc(C4OCC5C(c6cc(OC)c(O)c(-c7cc(C(O)C(CO)OC)cc(OC)c7OC(C=O)CO)c6)OCC45)cc3OC)c2)ccc1O. The molecule has 0 aliphatic carbocycles. The van der Waals surface area contributed by atoms with Crippen LogP contribution in [0.1, 0.15) is 58.2 Å². The first-order chi connectivity index (χ1) is 33.8. The summed E-state index contributed by atoms with van der Waals surface area (Å²) < 4.78 is 58.2. The predicted octanol–water partition coefficient (Wildman–Crippen LogP) is 5.17. The summed E-state index contributed by atoms with van der Waals surface area (Å²) >= 11 is 0. The molecule has 19 nitrogen and oxygen atoms in total. The fourth-order valence-corrected chi connectivity index (χ4v) is 9.05. The highest BCUT2D eigenvalue weighted by Gasteiger charge is 2.48. The molecule has 70 heavy (non-hydrogen) atoms. The molecule has 7 rings (SSSR count). The minimum absolute atomic E-state index is 0.00557. The normalized spacial score (nSPS) is 19.6. The predicted molar refractivity (Wildman–Crippen MR) is 249 cm³/mol. The molecule has 5 aromatic rings. The number of rotatable bonds is 22. The Labute approximate surface area is 403 Å². The molecule has 0 aromatic heterocycles. The third-order valence-corrected chi connectivity index (χ3v) is 12.8. The van der Waals surface area contributed by atoms with Gasteiger partial charge in [-0.1, -0.05) is 12.1 Å². The van der Waals surface area contributed by atoms with Gasteiger partial charge in [0.05, 0.1) is 86.9 Å². The Morgan fingerprint density at radius 2 is 1.16 bits per heavy atom. The zero-order valence-electron chi connectivity index (χ0n) is 39.3. The van der Waals surface area contributed by atoms with E-state index >= 15 is 0 Å². The Morgan fingerprint density at radius 1 is 0.571 bits per heavy atom. The number of hydrogen-bond acceptors (Lipinski definition) is 19. The molecule has 0 bridgehead atoms. The van der Waals surface area contributed by atoms with Gasteiger partial charge in [0.25, 0.3) is 0 Å². The van der Waals surface area contributed by atoms with Crippen molar-refractivity contribution in [3.8, 4) is 74.4 Å². The standard InChI is InChI=1S/C51H58O19/c1-61-38-13-25(7-9-36(38)56)33(21-54)45(57)28-15-41(64-4)48(60)42(16-28)70-37-10-8-26(14-39(37)62-2)49-34-23-68-50(35(34)24-67-49)29-12-31(47(59)40(18-29)63-3)32-11-27(46(58)44(22-55)66-6)17-43(65-5)51(32)69-30(19-52)20-53/h7-19,30,33-35,44-46,49-50,53-60H,20-24H2,1-6H3. The zero-order valence-corrected chi connectivity index (χ0v) is 39.3. The highest BCUT2D eigenvalue weighted by Crippen LogP contribution is 2.55. The molecule has 2 aliphatic heterocycles. The smallest absolute Gasteiger partial charge is 0.201 e. The summed E-state index contributed by atoms with van der Waals surface area (Å²) in [7, 11) is 8.25. The number of aromatic hydroxyl groups is 3. The van der Waals surface area contributed by atoms with Gasteiger partial charge in [-0.2, -0.15) is 0 Å². The Morgan fingerprint density at radius 3 is 1.76 bits per heavy atom. The largest absolute Gasteiger partial charge is 0.504 e. The molecule has 2 heterocycles. The molecule has 5 aromatic carbocycles. The van der Waals surface area contributed by atoms with E-state index in [-0.39, 0.29) is 111 Å². The van der Waals surface area contributed by atoms with Crippen molar-refractivity contribution < 1.29 is 93.0 Å². The van der Waals surface area contributed by atoms with Crippen LogP contribution in [0.15, 0.2) is 72.8 Å². The van der Waals surface area contributed by atoms with E-state index in [4.69, 9.17) is 47.4 Å². The minimum Gasteiger partial charge on any atom is -0.504 e. The molecule has 0 radical (unpaired) electrons. The van der Waals surface area contributed by atoms with Crippen molar-refractivity contribution >= 4 is 6.29 Å². The van der Waals surface area contributed by atoms with Crippen molar-refractivity contribution in [1.29, 1.82) is 0 Å². The van der Waals surface area contributed by atoms with Crippen LogP contribution < -0.4 is 33.2 Å². The van der Waals surface area contributed by atoms with E-state index in [1.165, 1.54) is 79.1 Å². The van der Waals surface area contributed by atoms with Crippen molar-refractivity contribution in [3.05, 3.63) is 101 Å². The molecule has 9 atom stereocenters. The Bertz CT molecular complexity index is 2620. The maximum Gasteiger partial charge on any atom is 0.201 e. The summed E-state index contributed by atoms with van der Waals surface area (Å²) in [4.78, 5) is 11.9. The second-order valence-electron chi connectivity index (χ2n) is 16.7. The molecule has 0 spiro atoms. The van der Waals surface area contributed by atoms with Crippen LogP contribution in [-0.2, 0) is 19.0 Å². The highest BCUT2D eigenvalue weighted by atomic mass is 16.5. The van der Waals surface area contributed by atoms with Crippen molar-refractivity contribution in [1.82, 2.24) is 0 Å². The molecule has 2 saturated heterocycles. The fraction of sp³-hybridized carbons (Fsp3) is 0.392. The Balaban J connectivity index is 1.18. The molecule has 376 valence electrons. The van der Waals surface area contributed by atoms with Gasteiger partial charge in [-0.25, -0.2) is 0 Å². The number of benzene rings is 5. The van der Waals surface area contributed by atoms with E-state index in [0.717, 1.165) is 5.56 Å². The van der Waals surface area contributed by atoms with Gasteiger partial charge in [0.2, 0.25) is 5.75 Å². The van der Waals surface area contributed by atoms with Crippen LogP contribution in [0.5, 0.6) is 63.2 Å². The van der Waals surface area contributed by atoms with Crippen molar-refractivity contribution in [2.24, 2.45) is 11.8 Å². The summed E-state index contributed by atoms with van der Waals surface area (Å²) in [6.07, 6.45) is -5.69. The summed E-state index contributed by atoms with van der Waals surface area (Å²) in [6, 6.07) is 18.8. The molecular formula is C51H58O19. The second-order valence-corrected chi connectivity index (χ2v) is 16.7. The van der Waals surface area contributed by atoms with Crippen molar-refractivity contribution in [2.75, 3.05) is 75.7 Å². The molecule has 19 heteroatoms. The number of ether oxygens (including phenoxy) is 10. The number of carbonyl (C=O) groups excluding carboxylic acids is 1. The maximum atomic E-state index is 11.9. The Kier molecular flexibility index (Phi) is 16.5. The third-order valence-electron chi connectivity index (χ3n) is 12.8. The van der Waals surface area contributed by atoms with Gasteiger partial charge in [0.15, 0.2) is 69.9 Å². The van der Waals surface area contributed by atoms with Crippen LogP contribution in [0.25, 0.3) is 11.1 Å². The lowest BCUT2D eigenvalue weighted by Gasteiger charge is -2.25. The molecule has 0 amide bonds. The number of hydrogen-bond donors (Lipinski definition) is 8. The molecular weight excluding hydrogens is 917 g/mol. The van der Waals surface area contributed by atoms with Gasteiger partial charge in [-0.05, 0) is 88.5 Å². The van der Waals surface area contributed by atoms with E-state index in [9.17, 15) is 45.6 Å². The third kappa shape index (κ3) is 10.1. The van der Waals surface area contributed by atoms with Gasteiger partial charge in [-0.3, -0.25) is 4.79 Å². The summed E-state index contributed by atoms with van der Waals surface area (Å²) in [6.45, 7) is -1.13. The first-order valence-electron chi connectivity index (χ1n) is 22.1. The molecule has 2 aliphatic rings. The number of phenols is 3. The first kappa shape index (κ1) is 51.3. The second kappa shape index (κ2) is 22.5. The topological polar surface area (TPSA) is 271 Å².